The molecule has 4 nitrogen and oxygen atoms in total. The molecule has 1 aromatic heterocycles. The summed E-state index contributed by atoms with van der Waals surface area (Å²) in [6, 6.07) is 6.69. The standard InChI is InChI=1S/C17H18N2O2/c1-10-2-3-11-4-6-17(13(11)8-10)7-5-12-14(9-17)18-16(21)19-15(12)20/h2-3,8H,4-7,9H2,1H3,(H2,18,19,20,21). The highest BCUT2D eigenvalue weighted by Crippen LogP contribution is 2.46. The Kier molecular flexibility index (Phi) is 2.52. The summed E-state index contributed by atoms with van der Waals surface area (Å²) in [6.45, 7) is 2.12. The maximum Gasteiger partial charge on any atom is 0.325 e. The van der Waals surface area contributed by atoms with Gasteiger partial charge in [-0.25, -0.2) is 4.79 Å². The Morgan fingerprint density at radius 1 is 1.10 bits per heavy atom. The molecule has 2 N–H and O–H groups in total. The van der Waals surface area contributed by atoms with Crippen molar-refractivity contribution in [3.8, 4) is 0 Å². The summed E-state index contributed by atoms with van der Waals surface area (Å²) in [6.07, 6.45) is 4.72. The molecule has 0 amide bonds. The molecule has 21 heavy (non-hydrogen) atoms. The molecule has 2 aliphatic rings. The van der Waals surface area contributed by atoms with Gasteiger partial charge in [-0.15, -0.1) is 0 Å². The van der Waals surface area contributed by atoms with Gasteiger partial charge in [-0.2, -0.15) is 0 Å². The zero-order valence-electron chi connectivity index (χ0n) is 12.1. The van der Waals surface area contributed by atoms with Crippen LogP contribution < -0.4 is 11.2 Å². The average Bonchev–Trinajstić information content (AvgIpc) is 2.76. The lowest BCUT2D eigenvalue weighted by Gasteiger charge is -2.35. The average molecular weight is 282 g/mol. The van der Waals surface area contributed by atoms with Crippen molar-refractivity contribution in [3.05, 3.63) is 67.0 Å². The summed E-state index contributed by atoms with van der Waals surface area (Å²) in [5.41, 5.74) is 5.23. The summed E-state index contributed by atoms with van der Waals surface area (Å²) in [4.78, 5) is 28.7. The Labute approximate surface area is 122 Å². The van der Waals surface area contributed by atoms with Gasteiger partial charge in [0, 0.05) is 16.7 Å². The molecule has 1 spiro atoms. The highest BCUT2D eigenvalue weighted by Gasteiger charge is 2.42. The number of hydrogen-bond donors (Lipinski definition) is 2. The normalized spacial score (nSPS) is 23.1. The van der Waals surface area contributed by atoms with Gasteiger partial charge in [-0.3, -0.25) is 9.78 Å². The molecular weight excluding hydrogens is 264 g/mol. The van der Waals surface area contributed by atoms with Crippen LogP contribution in [0, 0.1) is 6.92 Å². The van der Waals surface area contributed by atoms with Gasteiger partial charge in [0.25, 0.3) is 5.56 Å². The molecule has 1 aromatic carbocycles. The van der Waals surface area contributed by atoms with E-state index in [4.69, 9.17) is 0 Å². The smallest absolute Gasteiger partial charge is 0.311 e. The number of rotatable bonds is 0. The van der Waals surface area contributed by atoms with Crippen molar-refractivity contribution in [2.75, 3.05) is 0 Å². The first kappa shape index (κ1) is 12.6. The van der Waals surface area contributed by atoms with Crippen LogP contribution in [0.1, 0.15) is 40.8 Å². The second kappa shape index (κ2) is 4.20. The van der Waals surface area contributed by atoms with Crippen LogP contribution in [0.2, 0.25) is 0 Å². The highest BCUT2D eigenvalue weighted by atomic mass is 16.2. The molecule has 0 saturated heterocycles. The predicted octanol–water partition coefficient (Wildman–Crippen LogP) is 1.74. The van der Waals surface area contributed by atoms with E-state index < -0.39 is 5.69 Å². The van der Waals surface area contributed by atoms with Crippen molar-refractivity contribution in [1.29, 1.82) is 0 Å². The van der Waals surface area contributed by atoms with E-state index in [1.165, 1.54) is 16.7 Å². The molecule has 4 heteroatoms. The third kappa shape index (κ3) is 1.82. The van der Waals surface area contributed by atoms with E-state index in [0.717, 1.165) is 43.4 Å². The Morgan fingerprint density at radius 3 is 2.76 bits per heavy atom. The summed E-state index contributed by atoms with van der Waals surface area (Å²) in [5, 5.41) is 0. The number of aromatic nitrogens is 2. The van der Waals surface area contributed by atoms with Crippen LogP contribution in [-0.4, -0.2) is 9.97 Å². The summed E-state index contributed by atoms with van der Waals surface area (Å²) < 4.78 is 0. The van der Waals surface area contributed by atoms with Crippen molar-refractivity contribution < 1.29 is 0 Å². The molecular formula is C17H18N2O2. The van der Waals surface area contributed by atoms with E-state index in [-0.39, 0.29) is 11.0 Å². The Bertz CT molecular complexity index is 847. The number of aromatic amines is 2. The molecule has 2 aliphatic carbocycles. The molecule has 0 aliphatic heterocycles. The number of fused-ring (bicyclic) bond motifs is 3. The lowest BCUT2D eigenvalue weighted by molar-refractivity contribution is 0.361. The lowest BCUT2D eigenvalue weighted by Crippen LogP contribution is -2.38. The Balaban J connectivity index is 1.86. The van der Waals surface area contributed by atoms with Gasteiger partial charge in [0.1, 0.15) is 0 Å². The molecule has 0 bridgehead atoms. The molecule has 0 saturated carbocycles. The first-order chi connectivity index (χ1) is 10.1. The van der Waals surface area contributed by atoms with E-state index in [0.29, 0.717) is 0 Å². The fourth-order valence-corrected chi connectivity index (χ4v) is 4.12. The van der Waals surface area contributed by atoms with Crippen molar-refractivity contribution in [3.63, 3.8) is 0 Å². The number of aryl methyl sites for hydroxylation is 2. The van der Waals surface area contributed by atoms with Crippen LogP contribution >= 0.6 is 0 Å². The van der Waals surface area contributed by atoms with E-state index in [2.05, 4.69) is 35.1 Å². The molecule has 1 heterocycles. The van der Waals surface area contributed by atoms with Crippen molar-refractivity contribution in [1.82, 2.24) is 9.97 Å². The van der Waals surface area contributed by atoms with Gasteiger partial charge in [-0.1, -0.05) is 23.8 Å². The topological polar surface area (TPSA) is 65.7 Å². The van der Waals surface area contributed by atoms with Crippen molar-refractivity contribution >= 4 is 0 Å². The minimum Gasteiger partial charge on any atom is -0.311 e. The molecule has 1 atom stereocenters. The van der Waals surface area contributed by atoms with Gasteiger partial charge >= 0.3 is 5.69 Å². The van der Waals surface area contributed by atoms with Crippen LogP contribution in [-0.2, 0) is 24.7 Å². The van der Waals surface area contributed by atoms with Crippen molar-refractivity contribution in [2.24, 2.45) is 0 Å². The molecule has 4 rings (SSSR count). The maximum atomic E-state index is 11.9. The summed E-state index contributed by atoms with van der Waals surface area (Å²) in [5.74, 6) is 0. The monoisotopic (exact) mass is 282 g/mol. The predicted molar refractivity (Wildman–Crippen MR) is 80.9 cm³/mol. The van der Waals surface area contributed by atoms with Gasteiger partial charge in [0.2, 0.25) is 0 Å². The van der Waals surface area contributed by atoms with Gasteiger partial charge in [-0.05, 0) is 50.2 Å². The maximum absolute atomic E-state index is 11.9. The molecule has 1 unspecified atom stereocenters. The lowest BCUT2D eigenvalue weighted by atomic mass is 9.69. The van der Waals surface area contributed by atoms with Gasteiger partial charge < -0.3 is 4.98 Å². The zero-order valence-corrected chi connectivity index (χ0v) is 12.1. The van der Waals surface area contributed by atoms with E-state index in [1.807, 2.05) is 0 Å². The largest absolute Gasteiger partial charge is 0.325 e. The molecule has 0 radical (unpaired) electrons. The molecule has 0 fully saturated rings. The Morgan fingerprint density at radius 2 is 1.90 bits per heavy atom. The van der Waals surface area contributed by atoms with Crippen LogP contribution in [0.15, 0.2) is 27.8 Å². The van der Waals surface area contributed by atoms with E-state index >= 15 is 0 Å². The van der Waals surface area contributed by atoms with Crippen LogP contribution in [0.5, 0.6) is 0 Å². The summed E-state index contributed by atoms with van der Waals surface area (Å²) >= 11 is 0. The number of H-pyrrole nitrogens is 2. The second-order valence-corrected chi connectivity index (χ2v) is 6.48. The number of hydrogen-bond acceptors (Lipinski definition) is 2. The van der Waals surface area contributed by atoms with Gasteiger partial charge in [0.15, 0.2) is 0 Å². The second-order valence-electron chi connectivity index (χ2n) is 6.48. The van der Waals surface area contributed by atoms with Crippen LogP contribution in [0.3, 0.4) is 0 Å². The zero-order chi connectivity index (χ0) is 14.6. The first-order valence-corrected chi connectivity index (χ1v) is 7.52. The first-order valence-electron chi connectivity index (χ1n) is 7.52. The van der Waals surface area contributed by atoms with Crippen LogP contribution in [0.4, 0.5) is 0 Å². The van der Waals surface area contributed by atoms with Gasteiger partial charge in [0.05, 0.1) is 0 Å². The Hall–Kier alpha value is -2.10. The van der Waals surface area contributed by atoms with Crippen LogP contribution in [0.25, 0.3) is 0 Å². The number of nitrogens with one attached hydrogen (secondary N) is 2. The minimum absolute atomic E-state index is 0.102. The summed E-state index contributed by atoms with van der Waals surface area (Å²) in [7, 11) is 0. The quantitative estimate of drug-likeness (QED) is 0.773. The highest BCUT2D eigenvalue weighted by molar-refractivity contribution is 5.44. The SMILES string of the molecule is Cc1ccc2c(c1)C1(CC2)CCc2c([nH]c(=O)[nH]c2=O)C1. The van der Waals surface area contributed by atoms with Crippen molar-refractivity contribution in [2.45, 2.75) is 44.4 Å². The number of benzene rings is 1. The third-order valence-electron chi connectivity index (χ3n) is 5.21. The molecule has 2 aromatic rings. The fraction of sp³-hybridized carbons (Fsp3) is 0.412. The molecule has 108 valence electrons. The van der Waals surface area contributed by atoms with E-state index in [1.54, 1.807) is 0 Å². The third-order valence-corrected chi connectivity index (χ3v) is 5.21. The minimum atomic E-state index is -0.390. The van der Waals surface area contributed by atoms with E-state index in [9.17, 15) is 9.59 Å². The fourth-order valence-electron chi connectivity index (χ4n) is 4.12.